The van der Waals surface area contributed by atoms with Crippen LogP contribution in [0.2, 0.25) is 0 Å². The summed E-state index contributed by atoms with van der Waals surface area (Å²) in [5.41, 5.74) is 0. The summed E-state index contributed by atoms with van der Waals surface area (Å²) in [6, 6.07) is 0. The van der Waals surface area contributed by atoms with E-state index < -0.39 is 0 Å². The molecule has 0 unspecified atom stereocenters. The van der Waals surface area contributed by atoms with Crippen molar-refractivity contribution in [2.45, 2.75) is 19.8 Å². The van der Waals surface area contributed by atoms with Crippen LogP contribution in [0.15, 0.2) is 0 Å². The van der Waals surface area contributed by atoms with Crippen molar-refractivity contribution in [2.75, 3.05) is 33.9 Å². The van der Waals surface area contributed by atoms with Gasteiger partial charge in [0.15, 0.2) is 0 Å². The van der Waals surface area contributed by atoms with Crippen molar-refractivity contribution in [3.05, 3.63) is 0 Å². The number of ether oxygens (including phenoxy) is 1. The van der Waals surface area contributed by atoms with Crippen LogP contribution in [0.1, 0.15) is 19.8 Å². The highest BCUT2D eigenvalue weighted by Crippen LogP contribution is 1.86. The monoisotopic (exact) mass is 145 g/mol. The maximum atomic E-state index is 5.34. The third kappa shape index (κ3) is 7.92. The van der Waals surface area contributed by atoms with Crippen LogP contribution < -0.4 is 4.90 Å². The lowest BCUT2D eigenvalue weighted by Gasteiger charge is -2.01. The second kappa shape index (κ2) is 7.03. The lowest BCUT2D eigenvalue weighted by molar-refractivity contribution is 0.127. The molecule has 0 fully saturated rings. The van der Waals surface area contributed by atoms with Crippen LogP contribution in [0, 0.1) is 0 Å². The molecular weight excluding hydrogens is 126 g/mol. The summed E-state index contributed by atoms with van der Waals surface area (Å²) in [7, 11) is 4.12. The SMILES string of the molecule is CCCCOCC[N+](C)C. The van der Waals surface area contributed by atoms with E-state index in [1.165, 1.54) is 12.8 Å². The molecule has 2 heteroatoms. The average molecular weight is 145 g/mol. The molecule has 0 aromatic rings. The second-order valence-electron chi connectivity index (χ2n) is 2.77. The Morgan fingerprint density at radius 2 is 1.90 bits per heavy atom. The first-order chi connectivity index (χ1) is 4.77. The van der Waals surface area contributed by atoms with Crippen LogP contribution in [-0.2, 0) is 4.74 Å². The molecule has 0 saturated heterocycles. The van der Waals surface area contributed by atoms with Crippen molar-refractivity contribution >= 4 is 0 Å². The fourth-order valence-electron chi connectivity index (χ4n) is 0.596. The van der Waals surface area contributed by atoms with Crippen molar-refractivity contribution in [1.29, 1.82) is 0 Å². The number of hydrogen-bond acceptors (Lipinski definition) is 2. The Hall–Kier alpha value is -0.0800. The van der Waals surface area contributed by atoms with E-state index in [4.69, 9.17) is 4.74 Å². The first kappa shape index (κ1) is 9.92. The summed E-state index contributed by atoms with van der Waals surface area (Å²) in [5.74, 6) is 0. The molecule has 0 amide bonds. The molecule has 0 atom stereocenters. The Morgan fingerprint density at radius 3 is 2.40 bits per heavy atom. The van der Waals surface area contributed by atoms with E-state index in [9.17, 15) is 0 Å². The zero-order valence-electron chi connectivity index (χ0n) is 7.39. The molecule has 10 heavy (non-hydrogen) atoms. The Morgan fingerprint density at radius 1 is 1.20 bits per heavy atom. The van der Waals surface area contributed by atoms with Gasteiger partial charge in [-0.05, 0) is 6.42 Å². The van der Waals surface area contributed by atoms with Gasteiger partial charge in [-0.15, -0.1) is 0 Å². The number of rotatable bonds is 6. The maximum Gasteiger partial charge on any atom is 0.145 e. The Kier molecular flexibility index (Phi) is 6.98. The van der Waals surface area contributed by atoms with Crippen LogP contribution in [0.4, 0.5) is 0 Å². The van der Waals surface area contributed by atoms with Crippen molar-refractivity contribution in [2.24, 2.45) is 0 Å². The van der Waals surface area contributed by atoms with Gasteiger partial charge in [-0.25, -0.2) is 0 Å². The van der Waals surface area contributed by atoms with Gasteiger partial charge in [0.05, 0.1) is 0 Å². The molecule has 0 saturated carbocycles. The van der Waals surface area contributed by atoms with Gasteiger partial charge < -0.3 is 4.74 Å². The summed E-state index contributed by atoms with van der Waals surface area (Å²) >= 11 is 0. The van der Waals surface area contributed by atoms with Gasteiger partial charge >= 0.3 is 0 Å². The van der Waals surface area contributed by atoms with E-state index in [1.54, 1.807) is 0 Å². The Balaban J connectivity index is 2.77. The lowest BCUT2D eigenvalue weighted by atomic mass is 10.4. The molecule has 0 aromatic carbocycles. The summed E-state index contributed by atoms with van der Waals surface area (Å²) in [5, 5.41) is 0. The highest BCUT2D eigenvalue weighted by molar-refractivity contribution is 4.45. The minimum atomic E-state index is 0.868. The minimum Gasteiger partial charge on any atom is -0.375 e. The quantitative estimate of drug-likeness (QED) is 0.405. The minimum absolute atomic E-state index is 0.868. The van der Waals surface area contributed by atoms with E-state index in [2.05, 4.69) is 25.9 Å². The normalized spacial score (nSPS) is 10.8. The highest BCUT2D eigenvalue weighted by atomic mass is 16.5. The molecule has 61 valence electrons. The van der Waals surface area contributed by atoms with Gasteiger partial charge in [0, 0.05) is 6.61 Å². The molecule has 0 spiro atoms. The maximum absolute atomic E-state index is 5.34. The van der Waals surface area contributed by atoms with Gasteiger partial charge in [0.25, 0.3) is 0 Å². The predicted molar refractivity (Wildman–Crippen MR) is 44.6 cm³/mol. The van der Waals surface area contributed by atoms with Gasteiger partial charge in [-0.1, -0.05) is 13.3 Å². The smallest absolute Gasteiger partial charge is 0.145 e. The molecular formula is C8H19NO+. The largest absolute Gasteiger partial charge is 0.375 e. The topological polar surface area (TPSA) is 15.1 Å². The van der Waals surface area contributed by atoms with E-state index in [-0.39, 0.29) is 0 Å². The second-order valence-corrected chi connectivity index (χ2v) is 2.77. The van der Waals surface area contributed by atoms with Crippen LogP contribution in [0.5, 0.6) is 0 Å². The van der Waals surface area contributed by atoms with Crippen LogP contribution >= 0.6 is 0 Å². The molecule has 0 heterocycles. The van der Waals surface area contributed by atoms with E-state index in [1.807, 2.05) is 0 Å². The number of hydrogen-bond donors (Lipinski definition) is 0. The van der Waals surface area contributed by atoms with Crippen molar-refractivity contribution in [3.63, 3.8) is 0 Å². The third-order valence-corrected chi connectivity index (χ3v) is 1.33. The van der Waals surface area contributed by atoms with E-state index in [0.717, 1.165) is 19.8 Å². The molecule has 1 radical (unpaired) electrons. The highest BCUT2D eigenvalue weighted by Gasteiger charge is 1.96. The van der Waals surface area contributed by atoms with Crippen molar-refractivity contribution < 1.29 is 4.74 Å². The van der Waals surface area contributed by atoms with Gasteiger partial charge in [0.1, 0.15) is 27.2 Å². The predicted octanol–water partition coefficient (Wildman–Crippen LogP) is 1.20. The van der Waals surface area contributed by atoms with E-state index in [0.29, 0.717) is 0 Å². The Labute approximate surface area is 64.2 Å². The van der Waals surface area contributed by atoms with Crippen LogP contribution in [-0.4, -0.2) is 33.9 Å². The van der Waals surface area contributed by atoms with Crippen molar-refractivity contribution in [3.8, 4) is 0 Å². The molecule has 0 aromatic heterocycles. The number of unbranched alkanes of at least 4 members (excludes halogenated alkanes) is 1. The van der Waals surface area contributed by atoms with Crippen molar-refractivity contribution in [1.82, 2.24) is 4.90 Å². The van der Waals surface area contributed by atoms with Gasteiger partial charge in [-0.2, -0.15) is 4.90 Å². The first-order valence-electron chi connectivity index (χ1n) is 4.00. The fourth-order valence-corrected chi connectivity index (χ4v) is 0.596. The summed E-state index contributed by atoms with van der Waals surface area (Å²) in [6.45, 7) is 5.00. The zero-order valence-corrected chi connectivity index (χ0v) is 7.39. The van der Waals surface area contributed by atoms with Crippen LogP contribution in [0.25, 0.3) is 0 Å². The standard InChI is InChI=1S/C8H19NO/c1-4-5-7-10-8-6-9(2)3/h4-8H2,1-3H3/q+1. The third-order valence-electron chi connectivity index (χ3n) is 1.33. The molecule has 0 aliphatic heterocycles. The van der Waals surface area contributed by atoms with Gasteiger partial charge in [0.2, 0.25) is 0 Å². The molecule has 0 N–H and O–H groups in total. The van der Waals surface area contributed by atoms with Gasteiger partial charge in [-0.3, -0.25) is 0 Å². The number of likely N-dealkylation sites (N-methyl/N-ethyl adjacent to an activating group) is 1. The fraction of sp³-hybridized carbons (Fsp3) is 1.00. The first-order valence-corrected chi connectivity index (χ1v) is 4.00. The molecule has 0 rings (SSSR count). The Bertz CT molecular complexity index is 64.3. The van der Waals surface area contributed by atoms with E-state index >= 15 is 0 Å². The zero-order chi connectivity index (χ0) is 7.82. The molecule has 0 bridgehead atoms. The average Bonchev–Trinajstić information content (AvgIpc) is 1.87. The summed E-state index contributed by atoms with van der Waals surface area (Å²) < 4.78 is 5.34. The number of nitrogens with zero attached hydrogens (tertiary/aromatic N) is 1. The van der Waals surface area contributed by atoms with Crippen LogP contribution in [0.3, 0.4) is 0 Å². The lowest BCUT2D eigenvalue weighted by Crippen LogP contribution is -2.23. The molecule has 0 aliphatic rings. The summed E-state index contributed by atoms with van der Waals surface area (Å²) in [6.07, 6.45) is 2.41. The molecule has 0 aliphatic carbocycles. The summed E-state index contributed by atoms with van der Waals surface area (Å²) in [4.78, 5) is 2.13. The molecule has 2 nitrogen and oxygen atoms in total.